The van der Waals surface area contributed by atoms with Crippen LogP contribution < -0.4 is 5.73 Å². The van der Waals surface area contributed by atoms with Gasteiger partial charge in [-0.2, -0.15) is 0 Å². The van der Waals surface area contributed by atoms with E-state index in [0.29, 0.717) is 0 Å². The first-order valence-corrected chi connectivity index (χ1v) is 5.14. The summed E-state index contributed by atoms with van der Waals surface area (Å²) in [4.78, 5) is 11.7. The van der Waals surface area contributed by atoms with Crippen molar-refractivity contribution in [2.45, 2.75) is 26.3 Å². The Labute approximate surface area is 93.5 Å². The van der Waals surface area contributed by atoms with Gasteiger partial charge in [-0.15, -0.1) is 0 Å². The minimum Gasteiger partial charge on any atom is -0.327 e. The van der Waals surface area contributed by atoms with E-state index < -0.39 is 11.6 Å². The normalized spacial score (nSPS) is 14.6. The van der Waals surface area contributed by atoms with Gasteiger partial charge in [0.1, 0.15) is 17.4 Å². The molecular weight excluding hydrogens is 212 g/mol. The second-order valence-electron chi connectivity index (χ2n) is 4.03. The molecule has 0 saturated heterocycles. The molecule has 0 spiro atoms. The molecule has 1 rings (SSSR count). The molecule has 0 aromatic heterocycles. The maximum Gasteiger partial charge on any atom is 0.141 e. The molecule has 2 nitrogen and oxygen atoms in total. The maximum atomic E-state index is 13.3. The van der Waals surface area contributed by atoms with Crippen LogP contribution >= 0.6 is 0 Å². The Bertz CT molecular complexity index is 391. The van der Waals surface area contributed by atoms with Gasteiger partial charge in [-0.3, -0.25) is 4.79 Å². The molecule has 0 fully saturated rings. The Morgan fingerprint density at radius 2 is 2.00 bits per heavy atom. The fraction of sp³-hybridized carbons (Fsp3) is 0.417. The Balaban J connectivity index is 2.77. The highest BCUT2D eigenvalue weighted by Gasteiger charge is 2.18. The number of Topliss-reactive ketones (excluding diaryl/α,β-unsaturated/α-hetero) is 1. The third-order valence-corrected chi connectivity index (χ3v) is 2.68. The zero-order valence-electron chi connectivity index (χ0n) is 9.34. The molecule has 0 aliphatic carbocycles. The summed E-state index contributed by atoms with van der Waals surface area (Å²) in [5.74, 6) is -1.80. The largest absolute Gasteiger partial charge is 0.327 e. The predicted molar refractivity (Wildman–Crippen MR) is 57.9 cm³/mol. The minimum atomic E-state index is -0.690. The second-order valence-corrected chi connectivity index (χ2v) is 4.03. The molecule has 0 amide bonds. The zero-order chi connectivity index (χ0) is 12.3. The van der Waals surface area contributed by atoms with Crippen LogP contribution in [0.5, 0.6) is 0 Å². The van der Waals surface area contributed by atoms with Crippen molar-refractivity contribution in [3.8, 4) is 0 Å². The van der Waals surface area contributed by atoms with Crippen LogP contribution in [-0.2, 0) is 11.2 Å². The van der Waals surface area contributed by atoms with Crippen LogP contribution in [0.15, 0.2) is 18.2 Å². The number of benzene rings is 1. The summed E-state index contributed by atoms with van der Waals surface area (Å²) in [6.07, 6.45) is -0.0468. The Morgan fingerprint density at radius 1 is 1.38 bits per heavy atom. The van der Waals surface area contributed by atoms with E-state index in [0.717, 1.165) is 12.1 Å². The van der Waals surface area contributed by atoms with Crippen molar-refractivity contribution < 1.29 is 13.6 Å². The topological polar surface area (TPSA) is 43.1 Å². The van der Waals surface area contributed by atoms with Gasteiger partial charge in [0.05, 0.1) is 0 Å². The fourth-order valence-corrected chi connectivity index (χ4v) is 1.31. The molecule has 0 aliphatic rings. The van der Waals surface area contributed by atoms with Crippen molar-refractivity contribution in [1.82, 2.24) is 0 Å². The number of ketones is 1. The summed E-state index contributed by atoms with van der Waals surface area (Å²) in [5.41, 5.74) is 5.79. The molecule has 0 heterocycles. The Morgan fingerprint density at radius 3 is 2.50 bits per heavy atom. The lowest BCUT2D eigenvalue weighted by Gasteiger charge is -2.14. The lowest BCUT2D eigenvalue weighted by atomic mass is 9.94. The van der Waals surface area contributed by atoms with Crippen LogP contribution in [0, 0.1) is 17.6 Å². The summed E-state index contributed by atoms with van der Waals surface area (Å²) in [6, 6.07) is 2.94. The standard InChI is InChI=1S/C12H15F2NO/c1-7(8(2)15)12(16)5-9-3-4-10(13)6-11(9)14/h3-4,6-8H,5,15H2,1-2H3. The first-order valence-electron chi connectivity index (χ1n) is 5.14. The zero-order valence-corrected chi connectivity index (χ0v) is 9.34. The van der Waals surface area contributed by atoms with Gasteiger partial charge < -0.3 is 5.73 Å². The molecule has 2 unspecified atom stereocenters. The highest BCUT2D eigenvalue weighted by atomic mass is 19.1. The molecule has 16 heavy (non-hydrogen) atoms. The van der Waals surface area contributed by atoms with Crippen LogP contribution in [0.4, 0.5) is 8.78 Å². The highest BCUT2D eigenvalue weighted by molar-refractivity contribution is 5.83. The molecule has 1 aromatic rings. The average molecular weight is 227 g/mol. The SMILES string of the molecule is CC(N)C(C)C(=O)Cc1ccc(F)cc1F. The molecule has 2 N–H and O–H groups in total. The number of halogens is 2. The monoisotopic (exact) mass is 227 g/mol. The Hall–Kier alpha value is -1.29. The average Bonchev–Trinajstić information content (AvgIpc) is 2.20. The van der Waals surface area contributed by atoms with Crippen molar-refractivity contribution in [2.75, 3.05) is 0 Å². The Kier molecular flexibility index (Phi) is 4.12. The van der Waals surface area contributed by atoms with Crippen LogP contribution in [-0.4, -0.2) is 11.8 Å². The number of hydrogen-bond donors (Lipinski definition) is 1. The number of carbonyl (C=O) groups is 1. The van der Waals surface area contributed by atoms with Gasteiger partial charge in [-0.1, -0.05) is 13.0 Å². The van der Waals surface area contributed by atoms with Crippen LogP contribution in [0.1, 0.15) is 19.4 Å². The highest BCUT2D eigenvalue weighted by Crippen LogP contribution is 2.13. The number of hydrogen-bond acceptors (Lipinski definition) is 2. The van der Waals surface area contributed by atoms with Crippen molar-refractivity contribution in [1.29, 1.82) is 0 Å². The van der Waals surface area contributed by atoms with Crippen molar-refractivity contribution in [3.63, 3.8) is 0 Å². The molecular formula is C12H15F2NO. The number of carbonyl (C=O) groups excluding carboxylic acids is 1. The van der Waals surface area contributed by atoms with Gasteiger partial charge >= 0.3 is 0 Å². The molecule has 0 bridgehead atoms. The summed E-state index contributed by atoms with van der Waals surface area (Å²) < 4.78 is 25.9. The van der Waals surface area contributed by atoms with Crippen molar-refractivity contribution in [3.05, 3.63) is 35.4 Å². The lowest BCUT2D eigenvalue weighted by molar-refractivity contribution is -0.122. The van der Waals surface area contributed by atoms with E-state index in [1.54, 1.807) is 13.8 Å². The van der Waals surface area contributed by atoms with E-state index in [2.05, 4.69) is 0 Å². The minimum absolute atomic E-state index is 0.0468. The van der Waals surface area contributed by atoms with E-state index in [1.165, 1.54) is 6.07 Å². The molecule has 0 saturated carbocycles. The van der Waals surface area contributed by atoms with Gasteiger partial charge in [0.2, 0.25) is 0 Å². The van der Waals surface area contributed by atoms with Gasteiger partial charge in [0.15, 0.2) is 0 Å². The summed E-state index contributed by atoms with van der Waals surface area (Å²) in [5, 5.41) is 0. The molecule has 2 atom stereocenters. The summed E-state index contributed by atoms with van der Waals surface area (Å²) in [6.45, 7) is 3.43. The van der Waals surface area contributed by atoms with Crippen LogP contribution in [0.25, 0.3) is 0 Å². The molecule has 88 valence electrons. The van der Waals surface area contributed by atoms with Crippen LogP contribution in [0.3, 0.4) is 0 Å². The number of nitrogens with two attached hydrogens (primary N) is 1. The predicted octanol–water partition coefficient (Wildman–Crippen LogP) is 2.06. The van der Waals surface area contributed by atoms with Crippen molar-refractivity contribution >= 4 is 5.78 Å². The van der Waals surface area contributed by atoms with Gasteiger partial charge in [-0.25, -0.2) is 8.78 Å². The number of rotatable bonds is 4. The summed E-state index contributed by atoms with van der Waals surface area (Å²) >= 11 is 0. The van der Waals surface area contributed by atoms with E-state index in [1.807, 2.05) is 0 Å². The molecule has 1 aromatic carbocycles. The first kappa shape index (κ1) is 12.8. The maximum absolute atomic E-state index is 13.3. The van der Waals surface area contributed by atoms with Crippen LogP contribution in [0.2, 0.25) is 0 Å². The van der Waals surface area contributed by atoms with E-state index in [4.69, 9.17) is 5.73 Å². The van der Waals surface area contributed by atoms with E-state index >= 15 is 0 Å². The van der Waals surface area contributed by atoms with Gasteiger partial charge in [-0.05, 0) is 18.6 Å². The fourth-order valence-electron chi connectivity index (χ4n) is 1.31. The third-order valence-electron chi connectivity index (χ3n) is 2.68. The summed E-state index contributed by atoms with van der Waals surface area (Å²) in [7, 11) is 0. The van der Waals surface area contributed by atoms with E-state index in [9.17, 15) is 13.6 Å². The van der Waals surface area contributed by atoms with E-state index in [-0.39, 0.29) is 29.7 Å². The van der Waals surface area contributed by atoms with Gasteiger partial charge in [0.25, 0.3) is 0 Å². The molecule has 0 aliphatic heterocycles. The first-order chi connectivity index (χ1) is 7.41. The lowest BCUT2D eigenvalue weighted by Crippen LogP contribution is -2.31. The smallest absolute Gasteiger partial charge is 0.141 e. The quantitative estimate of drug-likeness (QED) is 0.855. The molecule has 0 radical (unpaired) electrons. The molecule has 4 heteroatoms. The van der Waals surface area contributed by atoms with Crippen molar-refractivity contribution in [2.24, 2.45) is 11.7 Å². The second kappa shape index (κ2) is 5.16. The third kappa shape index (κ3) is 3.10. The van der Waals surface area contributed by atoms with Gasteiger partial charge in [0, 0.05) is 24.4 Å².